The minimum Gasteiger partial charge on any atom is -0.457 e. The zero-order valence-electron chi connectivity index (χ0n) is 18.7. The third-order valence-electron chi connectivity index (χ3n) is 5.57. The van der Waals surface area contributed by atoms with Crippen LogP contribution in [-0.2, 0) is 0 Å². The summed E-state index contributed by atoms with van der Waals surface area (Å²) in [6.07, 6.45) is 0. The topological polar surface area (TPSA) is 67.9 Å². The van der Waals surface area contributed by atoms with Crippen molar-refractivity contribution in [1.82, 2.24) is 0 Å². The second-order valence-electron chi connectivity index (χ2n) is 8.01. The van der Waals surface area contributed by atoms with Crippen LogP contribution in [-0.4, -0.2) is 18.9 Å². The van der Waals surface area contributed by atoms with Gasteiger partial charge in [-0.1, -0.05) is 36.4 Å². The normalized spacial score (nSPS) is 12.2. The van der Waals surface area contributed by atoms with Crippen LogP contribution < -0.4 is 19.7 Å². The second-order valence-corrected chi connectivity index (χ2v) is 8.01. The number of amides is 2. The number of carbonyl (C=O) groups is 2. The van der Waals surface area contributed by atoms with Crippen molar-refractivity contribution in [3.8, 4) is 23.0 Å². The molecule has 1 heterocycles. The molecule has 1 aliphatic heterocycles. The van der Waals surface area contributed by atoms with Crippen molar-refractivity contribution in [3.05, 3.63) is 108 Å². The van der Waals surface area contributed by atoms with Gasteiger partial charge in [0.05, 0.1) is 16.8 Å². The maximum Gasteiger partial charge on any atom is 0.261 e. The number of hydrogen-bond acceptors (Lipinski definition) is 4. The summed E-state index contributed by atoms with van der Waals surface area (Å²) in [4.78, 5) is 27.9. The van der Waals surface area contributed by atoms with Gasteiger partial charge in [-0.15, -0.1) is 0 Å². The predicted octanol–water partition coefficient (Wildman–Crippen LogP) is 6.42. The highest BCUT2D eigenvalue weighted by Gasteiger charge is 2.26. The molecule has 6 nitrogen and oxygen atoms in total. The molecule has 1 N–H and O–H groups in total. The van der Waals surface area contributed by atoms with Gasteiger partial charge in [0.25, 0.3) is 11.8 Å². The molecular formula is C28H22N2O4. The van der Waals surface area contributed by atoms with Crippen molar-refractivity contribution in [2.24, 2.45) is 0 Å². The number of anilines is 2. The Morgan fingerprint density at radius 2 is 1.62 bits per heavy atom. The fraction of sp³-hybridized carbons (Fsp3) is 0.0714. The number of para-hydroxylation sites is 2. The Labute approximate surface area is 197 Å². The van der Waals surface area contributed by atoms with E-state index in [9.17, 15) is 9.59 Å². The van der Waals surface area contributed by atoms with Gasteiger partial charge in [-0.25, -0.2) is 0 Å². The van der Waals surface area contributed by atoms with Crippen molar-refractivity contribution in [2.75, 3.05) is 17.3 Å². The van der Waals surface area contributed by atoms with E-state index in [4.69, 9.17) is 9.47 Å². The highest BCUT2D eigenvalue weighted by molar-refractivity contribution is 6.11. The molecule has 0 saturated carbocycles. The van der Waals surface area contributed by atoms with Crippen LogP contribution in [0.4, 0.5) is 11.4 Å². The van der Waals surface area contributed by atoms with Crippen LogP contribution >= 0.6 is 0 Å². The van der Waals surface area contributed by atoms with Gasteiger partial charge in [0.2, 0.25) is 0 Å². The maximum atomic E-state index is 13.2. The number of hydrogen-bond donors (Lipinski definition) is 1. The van der Waals surface area contributed by atoms with E-state index in [1.54, 1.807) is 48.3 Å². The van der Waals surface area contributed by atoms with Gasteiger partial charge in [0.1, 0.15) is 17.2 Å². The van der Waals surface area contributed by atoms with E-state index in [-0.39, 0.29) is 11.8 Å². The van der Waals surface area contributed by atoms with E-state index in [1.807, 2.05) is 61.5 Å². The predicted molar refractivity (Wildman–Crippen MR) is 131 cm³/mol. The number of ether oxygens (including phenoxy) is 2. The summed E-state index contributed by atoms with van der Waals surface area (Å²) in [5, 5.41) is 2.88. The molecule has 34 heavy (non-hydrogen) atoms. The smallest absolute Gasteiger partial charge is 0.261 e. The lowest BCUT2D eigenvalue weighted by atomic mass is 10.1. The largest absolute Gasteiger partial charge is 0.457 e. The van der Waals surface area contributed by atoms with Crippen LogP contribution in [0.5, 0.6) is 23.0 Å². The summed E-state index contributed by atoms with van der Waals surface area (Å²) in [5.41, 5.74) is 2.94. The quantitative estimate of drug-likeness (QED) is 0.389. The van der Waals surface area contributed by atoms with Crippen LogP contribution in [0.15, 0.2) is 91.0 Å². The van der Waals surface area contributed by atoms with Gasteiger partial charge in [0.15, 0.2) is 5.75 Å². The van der Waals surface area contributed by atoms with E-state index in [0.29, 0.717) is 45.5 Å². The Kier molecular flexibility index (Phi) is 5.47. The fourth-order valence-electron chi connectivity index (χ4n) is 3.81. The molecule has 2 amide bonds. The third-order valence-corrected chi connectivity index (χ3v) is 5.57. The Bertz CT molecular complexity index is 1400. The highest BCUT2D eigenvalue weighted by atomic mass is 16.5. The minimum atomic E-state index is -0.347. The minimum absolute atomic E-state index is 0.219. The maximum absolute atomic E-state index is 13.2. The van der Waals surface area contributed by atoms with Crippen molar-refractivity contribution in [3.63, 3.8) is 0 Å². The molecular weight excluding hydrogens is 428 g/mol. The average molecular weight is 450 g/mol. The van der Waals surface area contributed by atoms with Crippen molar-refractivity contribution < 1.29 is 19.1 Å². The first-order valence-electron chi connectivity index (χ1n) is 10.8. The fourth-order valence-corrected chi connectivity index (χ4v) is 3.81. The first-order chi connectivity index (χ1) is 16.5. The van der Waals surface area contributed by atoms with E-state index in [2.05, 4.69) is 5.32 Å². The molecule has 0 saturated heterocycles. The Balaban J connectivity index is 1.42. The lowest BCUT2D eigenvalue weighted by Crippen LogP contribution is -2.25. The molecule has 4 aromatic carbocycles. The van der Waals surface area contributed by atoms with Gasteiger partial charge in [-0.2, -0.15) is 0 Å². The zero-order valence-corrected chi connectivity index (χ0v) is 18.7. The van der Waals surface area contributed by atoms with Crippen LogP contribution in [0.3, 0.4) is 0 Å². The standard InChI is InChI=1S/C28H22N2O4/c1-18-12-14-26-23(16-18)30(2)28(32)22-17-19(13-15-25(22)34-26)29-27(31)21-10-6-7-11-24(21)33-20-8-4-3-5-9-20/h3-17H,1-2H3,(H,29,31). The Morgan fingerprint density at radius 1 is 0.882 bits per heavy atom. The lowest BCUT2D eigenvalue weighted by molar-refractivity contribution is 0.0989. The molecule has 0 fully saturated rings. The summed E-state index contributed by atoms with van der Waals surface area (Å²) in [6, 6.07) is 27.0. The Morgan fingerprint density at radius 3 is 2.44 bits per heavy atom. The first-order valence-corrected chi connectivity index (χ1v) is 10.8. The number of benzene rings is 4. The number of nitrogens with one attached hydrogen (secondary N) is 1. The molecule has 0 aliphatic carbocycles. The summed E-state index contributed by atoms with van der Waals surface area (Å²) in [7, 11) is 1.71. The molecule has 0 atom stereocenters. The van der Waals surface area contributed by atoms with Crippen LogP contribution in [0.2, 0.25) is 0 Å². The molecule has 1 aliphatic rings. The summed E-state index contributed by atoms with van der Waals surface area (Å²) >= 11 is 0. The average Bonchev–Trinajstić information content (AvgIpc) is 2.95. The molecule has 0 aromatic heterocycles. The van der Waals surface area contributed by atoms with Gasteiger partial charge in [-0.05, 0) is 67.1 Å². The molecule has 6 heteroatoms. The van der Waals surface area contributed by atoms with E-state index in [1.165, 1.54) is 0 Å². The SMILES string of the molecule is Cc1ccc2c(c1)N(C)C(=O)c1cc(NC(=O)c3ccccc3Oc3ccccc3)ccc1O2. The molecule has 168 valence electrons. The summed E-state index contributed by atoms with van der Waals surface area (Å²) in [6.45, 7) is 1.96. The number of carbonyl (C=O) groups excluding carboxylic acids is 2. The number of nitrogens with zero attached hydrogens (tertiary/aromatic N) is 1. The van der Waals surface area contributed by atoms with Crippen molar-refractivity contribution in [2.45, 2.75) is 6.92 Å². The van der Waals surface area contributed by atoms with Crippen LogP contribution in [0.25, 0.3) is 0 Å². The molecule has 0 bridgehead atoms. The van der Waals surface area contributed by atoms with Gasteiger partial charge in [0, 0.05) is 12.7 Å². The number of aryl methyl sites for hydroxylation is 1. The zero-order chi connectivity index (χ0) is 23.7. The molecule has 0 radical (unpaired) electrons. The molecule has 5 rings (SSSR count). The molecule has 4 aromatic rings. The second kappa shape index (κ2) is 8.75. The lowest BCUT2D eigenvalue weighted by Gasteiger charge is -2.17. The summed E-state index contributed by atoms with van der Waals surface area (Å²) < 4.78 is 11.9. The number of rotatable bonds is 4. The van der Waals surface area contributed by atoms with E-state index >= 15 is 0 Å². The Hall–Kier alpha value is -4.58. The third kappa shape index (κ3) is 4.09. The van der Waals surface area contributed by atoms with Crippen molar-refractivity contribution >= 4 is 23.2 Å². The van der Waals surface area contributed by atoms with E-state index in [0.717, 1.165) is 5.56 Å². The molecule has 0 spiro atoms. The monoisotopic (exact) mass is 450 g/mol. The first kappa shape index (κ1) is 21.3. The van der Waals surface area contributed by atoms with Gasteiger partial charge >= 0.3 is 0 Å². The van der Waals surface area contributed by atoms with Crippen LogP contribution in [0.1, 0.15) is 26.3 Å². The van der Waals surface area contributed by atoms with Gasteiger partial charge < -0.3 is 19.7 Å². The van der Waals surface area contributed by atoms with Crippen molar-refractivity contribution in [1.29, 1.82) is 0 Å². The summed E-state index contributed by atoms with van der Waals surface area (Å²) in [5.74, 6) is 1.54. The molecule has 0 unspecified atom stereocenters. The van der Waals surface area contributed by atoms with Crippen LogP contribution in [0, 0.1) is 6.92 Å². The van der Waals surface area contributed by atoms with E-state index < -0.39 is 0 Å². The number of fused-ring (bicyclic) bond motifs is 2. The van der Waals surface area contributed by atoms with Gasteiger partial charge in [-0.3, -0.25) is 9.59 Å². The highest BCUT2D eigenvalue weighted by Crippen LogP contribution is 2.39.